The number of nitrogens with one attached hydrogen (secondary N) is 1. The van der Waals surface area contributed by atoms with Crippen LogP contribution in [0.3, 0.4) is 0 Å². The zero-order chi connectivity index (χ0) is 23.3. The van der Waals surface area contributed by atoms with Gasteiger partial charge in [-0.2, -0.15) is 0 Å². The molecule has 3 N–H and O–H groups in total. The second kappa shape index (κ2) is 7.47. The molecule has 4 aromatic rings. The van der Waals surface area contributed by atoms with Gasteiger partial charge in [-0.25, -0.2) is 23.0 Å². The summed E-state index contributed by atoms with van der Waals surface area (Å²) in [4.78, 5) is 24.5. The predicted octanol–water partition coefficient (Wildman–Crippen LogP) is 0.983. The summed E-state index contributed by atoms with van der Waals surface area (Å²) in [7, 11) is -3.83. The summed E-state index contributed by atoms with van der Waals surface area (Å²) in [5, 5.41) is 8.64. The van der Waals surface area contributed by atoms with Crippen molar-refractivity contribution in [2.24, 2.45) is 5.14 Å². The van der Waals surface area contributed by atoms with Crippen molar-refractivity contribution in [1.82, 2.24) is 9.78 Å². The zero-order valence-corrected chi connectivity index (χ0v) is 17.9. The molecule has 2 aromatic heterocycles. The standard InChI is InChI=1S/C23H17N3O6S/c1-13-20(22(27)26(25-13)16-3-6-18(7-4-16)33(24,29)30)11-17-5-9-21(32-17)14-2-8-19-15(10-14)12-31-23(19)28/h2-11,25H,1,12H2,(H2,24,29,30)/b20-11-. The highest BCUT2D eigenvalue weighted by molar-refractivity contribution is 7.89. The van der Waals surface area contributed by atoms with Crippen molar-refractivity contribution in [1.29, 1.82) is 0 Å². The largest absolute Gasteiger partial charge is 0.457 e. The monoisotopic (exact) mass is 463 g/mol. The average molecular weight is 463 g/mol. The fourth-order valence-electron chi connectivity index (χ4n) is 3.63. The minimum atomic E-state index is -3.83. The van der Waals surface area contributed by atoms with E-state index in [4.69, 9.17) is 14.3 Å². The fraction of sp³-hybridized carbons (Fsp3) is 0.0435. The van der Waals surface area contributed by atoms with Gasteiger partial charge in [0.2, 0.25) is 10.0 Å². The number of rotatable bonds is 4. The molecule has 1 aliphatic heterocycles. The third-order valence-electron chi connectivity index (χ3n) is 5.31. The second-order valence-corrected chi connectivity index (χ2v) is 9.04. The number of nitrogens with zero attached hydrogens (tertiary/aromatic N) is 1. The number of aromatic nitrogens is 2. The molecule has 0 saturated heterocycles. The van der Waals surface area contributed by atoms with Crippen LogP contribution in [0.1, 0.15) is 21.7 Å². The Morgan fingerprint density at radius 2 is 1.82 bits per heavy atom. The molecule has 0 unspecified atom stereocenters. The highest BCUT2D eigenvalue weighted by Gasteiger charge is 2.21. The summed E-state index contributed by atoms with van der Waals surface area (Å²) < 4.78 is 35.0. The second-order valence-electron chi connectivity index (χ2n) is 7.48. The number of carbonyl (C=O) groups excluding carboxylic acids is 1. The number of ether oxygens (including phenoxy) is 1. The van der Waals surface area contributed by atoms with E-state index in [0.29, 0.717) is 33.3 Å². The quantitative estimate of drug-likeness (QED) is 0.433. The lowest BCUT2D eigenvalue weighted by Gasteiger charge is -2.02. The third-order valence-corrected chi connectivity index (χ3v) is 6.24. The van der Waals surface area contributed by atoms with Crippen molar-refractivity contribution in [3.8, 4) is 17.0 Å². The van der Waals surface area contributed by atoms with Crippen molar-refractivity contribution in [3.63, 3.8) is 0 Å². The fourth-order valence-corrected chi connectivity index (χ4v) is 4.14. The van der Waals surface area contributed by atoms with Gasteiger partial charge in [0, 0.05) is 11.1 Å². The van der Waals surface area contributed by atoms with Crippen LogP contribution in [0.2, 0.25) is 0 Å². The molecule has 10 heteroatoms. The van der Waals surface area contributed by atoms with E-state index in [-0.39, 0.29) is 23.0 Å². The van der Waals surface area contributed by atoms with Gasteiger partial charge in [0.1, 0.15) is 18.1 Å². The molecule has 166 valence electrons. The maximum Gasteiger partial charge on any atom is 0.338 e. The highest BCUT2D eigenvalue weighted by atomic mass is 32.2. The number of hydrogen-bond donors (Lipinski definition) is 2. The number of carbonyl (C=O) groups is 1. The smallest absolute Gasteiger partial charge is 0.338 e. The molecule has 1 aliphatic rings. The molecule has 0 atom stereocenters. The number of primary sulfonamides is 1. The number of sulfonamides is 1. The first-order valence-corrected chi connectivity index (χ1v) is 11.3. The number of furan rings is 1. The van der Waals surface area contributed by atoms with Gasteiger partial charge in [-0.15, -0.1) is 0 Å². The topological polar surface area (TPSA) is 137 Å². The number of nitrogens with two attached hydrogens (primary N) is 1. The molecule has 0 saturated carbocycles. The van der Waals surface area contributed by atoms with Crippen molar-refractivity contribution in [2.45, 2.75) is 11.5 Å². The van der Waals surface area contributed by atoms with E-state index in [9.17, 15) is 18.0 Å². The molecule has 0 spiro atoms. The van der Waals surface area contributed by atoms with Crippen LogP contribution in [0.4, 0.5) is 0 Å². The number of benzene rings is 2. The first kappa shape index (κ1) is 20.7. The molecule has 0 aliphatic carbocycles. The van der Waals surface area contributed by atoms with E-state index in [0.717, 1.165) is 11.1 Å². The Morgan fingerprint density at radius 3 is 2.55 bits per heavy atom. The molecule has 9 nitrogen and oxygen atoms in total. The van der Waals surface area contributed by atoms with E-state index < -0.39 is 10.0 Å². The van der Waals surface area contributed by atoms with E-state index >= 15 is 0 Å². The van der Waals surface area contributed by atoms with Crippen LogP contribution in [-0.2, 0) is 21.4 Å². The number of fused-ring (bicyclic) bond motifs is 1. The van der Waals surface area contributed by atoms with Crippen LogP contribution in [0.5, 0.6) is 0 Å². The van der Waals surface area contributed by atoms with E-state index in [1.165, 1.54) is 28.9 Å². The van der Waals surface area contributed by atoms with Crippen LogP contribution >= 0.6 is 0 Å². The number of H-pyrrole nitrogens is 1. The minimum Gasteiger partial charge on any atom is -0.457 e. The van der Waals surface area contributed by atoms with Crippen molar-refractivity contribution >= 4 is 28.6 Å². The van der Waals surface area contributed by atoms with Gasteiger partial charge in [0.05, 0.1) is 26.7 Å². The first-order chi connectivity index (χ1) is 15.7. The summed E-state index contributed by atoms with van der Waals surface area (Å²) in [6, 6.07) is 14.4. The highest BCUT2D eigenvalue weighted by Crippen LogP contribution is 2.28. The van der Waals surface area contributed by atoms with Gasteiger partial charge in [-0.05, 0) is 54.6 Å². The van der Waals surface area contributed by atoms with Gasteiger partial charge in [-0.3, -0.25) is 9.89 Å². The summed E-state index contributed by atoms with van der Waals surface area (Å²) in [6.07, 6.45) is 1.57. The third kappa shape index (κ3) is 3.71. The van der Waals surface area contributed by atoms with Gasteiger partial charge in [0.25, 0.3) is 5.56 Å². The molecule has 33 heavy (non-hydrogen) atoms. The lowest BCUT2D eigenvalue weighted by molar-refractivity contribution is 0.0535. The maximum absolute atomic E-state index is 12.9. The molecular weight excluding hydrogens is 446 g/mol. The lowest BCUT2D eigenvalue weighted by Crippen LogP contribution is -2.33. The number of cyclic esters (lactones) is 1. The molecule has 0 bridgehead atoms. The van der Waals surface area contributed by atoms with Crippen molar-refractivity contribution < 1.29 is 22.4 Å². The van der Waals surface area contributed by atoms with Gasteiger partial charge in [-0.1, -0.05) is 12.6 Å². The Balaban J connectivity index is 1.50. The van der Waals surface area contributed by atoms with E-state index in [1.807, 2.05) is 6.07 Å². The van der Waals surface area contributed by atoms with Crippen LogP contribution in [0, 0.1) is 0 Å². The number of hydrogen-bond acceptors (Lipinski definition) is 6. The Labute approximate surface area is 187 Å². The maximum atomic E-state index is 12.9. The Hall–Kier alpha value is -4.15. The van der Waals surface area contributed by atoms with Gasteiger partial charge < -0.3 is 9.15 Å². The molecular formula is C23H17N3O6S. The molecule has 2 aromatic carbocycles. The van der Waals surface area contributed by atoms with Gasteiger partial charge in [0.15, 0.2) is 0 Å². The lowest BCUT2D eigenvalue weighted by atomic mass is 10.0. The summed E-state index contributed by atoms with van der Waals surface area (Å²) in [5.74, 6) is 0.676. The first-order valence-electron chi connectivity index (χ1n) is 9.76. The summed E-state index contributed by atoms with van der Waals surface area (Å²) >= 11 is 0. The predicted molar refractivity (Wildman–Crippen MR) is 119 cm³/mol. The molecule has 5 rings (SSSR count). The Bertz CT molecular complexity index is 1690. The normalized spacial score (nSPS) is 13.8. The van der Waals surface area contributed by atoms with Crippen LogP contribution in [-0.4, -0.2) is 24.2 Å². The van der Waals surface area contributed by atoms with Crippen LogP contribution in [0.25, 0.3) is 29.7 Å². The number of esters is 1. The molecule has 0 fully saturated rings. The Morgan fingerprint density at radius 1 is 1.06 bits per heavy atom. The van der Waals surface area contributed by atoms with Crippen LogP contribution < -0.4 is 21.3 Å². The zero-order valence-electron chi connectivity index (χ0n) is 17.1. The Kier molecular flexibility index (Phi) is 4.69. The minimum absolute atomic E-state index is 0.0573. The van der Waals surface area contributed by atoms with Crippen molar-refractivity contribution in [3.05, 3.63) is 92.4 Å². The van der Waals surface area contributed by atoms with Gasteiger partial charge >= 0.3 is 5.97 Å². The molecule has 0 radical (unpaired) electrons. The van der Waals surface area contributed by atoms with E-state index in [2.05, 4.69) is 11.7 Å². The summed E-state index contributed by atoms with van der Waals surface area (Å²) in [6.45, 7) is 4.11. The summed E-state index contributed by atoms with van der Waals surface area (Å²) in [5.41, 5.74) is 2.16. The van der Waals surface area contributed by atoms with Crippen LogP contribution in [0.15, 0.2) is 68.7 Å². The molecule has 3 heterocycles. The molecule has 0 amide bonds. The van der Waals surface area contributed by atoms with Crippen molar-refractivity contribution in [2.75, 3.05) is 0 Å². The number of aromatic amines is 1. The van der Waals surface area contributed by atoms with E-state index in [1.54, 1.807) is 30.3 Å². The SMILES string of the molecule is C=c1[nH]n(-c2ccc(S(N)(=O)=O)cc2)c(=O)/c1=C\c1ccc(-c2ccc3c(c2)COC3=O)o1. The average Bonchev–Trinajstić information content (AvgIpc) is 3.48.